The lowest BCUT2D eigenvalue weighted by molar-refractivity contribution is 0.584. The maximum atomic E-state index is 14.0. The molecule has 1 aromatic carbocycles. The molecule has 1 saturated carbocycles. The zero-order chi connectivity index (χ0) is 15.0. The van der Waals surface area contributed by atoms with E-state index < -0.39 is 5.95 Å². The Morgan fingerprint density at radius 1 is 1.29 bits per heavy atom. The fourth-order valence-electron chi connectivity index (χ4n) is 2.26. The average Bonchev–Trinajstić information content (AvgIpc) is 3.26. The van der Waals surface area contributed by atoms with Crippen molar-refractivity contribution in [2.45, 2.75) is 19.8 Å². The maximum absolute atomic E-state index is 14.0. The van der Waals surface area contributed by atoms with E-state index >= 15 is 0 Å². The highest BCUT2D eigenvalue weighted by molar-refractivity contribution is 6.36. The van der Waals surface area contributed by atoms with E-state index in [4.69, 9.17) is 17.3 Å². The summed E-state index contributed by atoms with van der Waals surface area (Å²) in [5.74, 6) is 0.205. The molecule has 1 aromatic heterocycles. The predicted molar refractivity (Wildman–Crippen MR) is 85.0 cm³/mol. The summed E-state index contributed by atoms with van der Waals surface area (Å²) in [6, 6.07) is 7.06. The fourth-order valence-corrected chi connectivity index (χ4v) is 2.52. The van der Waals surface area contributed by atoms with Gasteiger partial charge in [0.1, 0.15) is 0 Å². The molecule has 0 spiro atoms. The van der Waals surface area contributed by atoms with Gasteiger partial charge in [-0.2, -0.15) is 4.39 Å². The molecule has 110 valence electrons. The molecule has 0 saturated heterocycles. The molecule has 21 heavy (non-hydrogen) atoms. The summed E-state index contributed by atoms with van der Waals surface area (Å²) in [6.45, 7) is 2.65. The van der Waals surface area contributed by atoms with Crippen molar-refractivity contribution < 1.29 is 4.39 Å². The molecule has 1 aliphatic rings. The molecule has 5 heteroatoms. The average molecular weight is 306 g/mol. The van der Waals surface area contributed by atoms with Gasteiger partial charge in [-0.25, -0.2) is 4.98 Å². The molecule has 3 rings (SSSR count). The molecule has 2 aromatic rings. The van der Waals surface area contributed by atoms with E-state index in [-0.39, 0.29) is 0 Å². The Labute approximate surface area is 128 Å². The van der Waals surface area contributed by atoms with E-state index in [1.807, 2.05) is 6.07 Å². The molecule has 0 atom stereocenters. The first-order valence-corrected chi connectivity index (χ1v) is 7.39. The van der Waals surface area contributed by atoms with Gasteiger partial charge in [0.25, 0.3) is 0 Å². The summed E-state index contributed by atoms with van der Waals surface area (Å²) in [5.41, 5.74) is 8.89. The van der Waals surface area contributed by atoms with E-state index in [2.05, 4.69) is 10.3 Å². The van der Waals surface area contributed by atoms with E-state index in [1.54, 1.807) is 25.1 Å². The van der Waals surface area contributed by atoms with Crippen LogP contribution >= 0.6 is 11.6 Å². The standard InChI is InChI=1S/C16H17ClFN3/c1-9-2-5-12(16(18)21-9)11-6-7-13(15(19)14(11)17)20-8-10-3-4-10/h2,5-7,10,20H,3-4,8,19H2,1H3. The third-order valence-corrected chi connectivity index (χ3v) is 4.14. The van der Waals surface area contributed by atoms with E-state index in [0.717, 1.165) is 18.2 Å². The smallest absolute Gasteiger partial charge is 0.221 e. The lowest BCUT2D eigenvalue weighted by atomic mass is 10.0. The summed E-state index contributed by atoms with van der Waals surface area (Å²) >= 11 is 6.32. The molecule has 1 fully saturated rings. The van der Waals surface area contributed by atoms with Crippen LogP contribution in [0.15, 0.2) is 24.3 Å². The number of nitrogen functional groups attached to an aromatic ring is 1. The van der Waals surface area contributed by atoms with Gasteiger partial charge in [0, 0.05) is 23.4 Å². The number of nitrogens with zero attached hydrogens (tertiary/aromatic N) is 1. The van der Waals surface area contributed by atoms with Crippen LogP contribution in [-0.2, 0) is 0 Å². The van der Waals surface area contributed by atoms with Crippen molar-refractivity contribution in [2.75, 3.05) is 17.6 Å². The van der Waals surface area contributed by atoms with Crippen molar-refractivity contribution in [1.82, 2.24) is 4.98 Å². The number of aromatic nitrogens is 1. The first kappa shape index (κ1) is 14.1. The van der Waals surface area contributed by atoms with Crippen LogP contribution in [0.5, 0.6) is 0 Å². The van der Waals surface area contributed by atoms with E-state index in [0.29, 0.717) is 27.5 Å². The third-order valence-electron chi connectivity index (χ3n) is 3.74. The van der Waals surface area contributed by atoms with Crippen LogP contribution in [0, 0.1) is 18.8 Å². The van der Waals surface area contributed by atoms with Gasteiger partial charge >= 0.3 is 0 Å². The van der Waals surface area contributed by atoms with Gasteiger partial charge < -0.3 is 11.1 Å². The Hall–Kier alpha value is -1.81. The SMILES string of the molecule is Cc1ccc(-c2ccc(NCC3CC3)c(N)c2Cl)c(F)n1. The quantitative estimate of drug-likeness (QED) is 0.655. The maximum Gasteiger partial charge on any atom is 0.221 e. The van der Waals surface area contributed by atoms with Crippen molar-refractivity contribution in [3.05, 3.63) is 40.9 Å². The van der Waals surface area contributed by atoms with Gasteiger partial charge in [-0.05, 0) is 43.9 Å². The summed E-state index contributed by atoms with van der Waals surface area (Å²) < 4.78 is 14.0. The van der Waals surface area contributed by atoms with Crippen LogP contribution in [0.3, 0.4) is 0 Å². The van der Waals surface area contributed by atoms with Crippen molar-refractivity contribution in [3.8, 4) is 11.1 Å². The molecular formula is C16H17ClFN3. The number of anilines is 2. The second kappa shape index (κ2) is 5.53. The number of hydrogen-bond acceptors (Lipinski definition) is 3. The first-order chi connectivity index (χ1) is 10.1. The van der Waals surface area contributed by atoms with Crippen LogP contribution in [-0.4, -0.2) is 11.5 Å². The predicted octanol–water partition coefficient (Wildman–Crippen LogP) is 4.25. The molecule has 0 bridgehead atoms. The molecule has 1 aliphatic carbocycles. The Balaban J connectivity index is 1.93. The topological polar surface area (TPSA) is 50.9 Å². The minimum atomic E-state index is -0.532. The second-order valence-electron chi connectivity index (χ2n) is 5.50. The van der Waals surface area contributed by atoms with Gasteiger partial charge in [-0.15, -0.1) is 0 Å². The Bertz CT molecular complexity index is 683. The Morgan fingerprint density at radius 2 is 2.00 bits per heavy atom. The highest BCUT2D eigenvalue weighted by atomic mass is 35.5. The number of benzene rings is 1. The number of aryl methyl sites for hydroxylation is 1. The molecule has 0 unspecified atom stereocenters. The van der Waals surface area contributed by atoms with Crippen LogP contribution in [0.25, 0.3) is 11.1 Å². The zero-order valence-electron chi connectivity index (χ0n) is 11.8. The van der Waals surface area contributed by atoms with Crippen molar-refractivity contribution in [2.24, 2.45) is 5.92 Å². The minimum Gasteiger partial charge on any atom is -0.396 e. The number of nitrogens with one attached hydrogen (secondary N) is 1. The third kappa shape index (κ3) is 2.95. The minimum absolute atomic E-state index is 0.361. The molecule has 0 aliphatic heterocycles. The summed E-state index contributed by atoms with van der Waals surface area (Å²) in [4.78, 5) is 3.83. The largest absolute Gasteiger partial charge is 0.396 e. The van der Waals surface area contributed by atoms with Gasteiger partial charge in [0.15, 0.2) is 0 Å². The summed E-state index contributed by atoms with van der Waals surface area (Å²) in [6.07, 6.45) is 2.53. The number of nitrogens with two attached hydrogens (primary N) is 1. The normalized spacial score (nSPS) is 14.2. The summed E-state index contributed by atoms with van der Waals surface area (Å²) in [5, 5.41) is 3.66. The van der Waals surface area contributed by atoms with E-state index in [1.165, 1.54) is 12.8 Å². The number of hydrogen-bond donors (Lipinski definition) is 2. The van der Waals surface area contributed by atoms with Crippen molar-refractivity contribution in [3.63, 3.8) is 0 Å². The molecule has 3 nitrogen and oxygen atoms in total. The van der Waals surface area contributed by atoms with Crippen LogP contribution in [0.1, 0.15) is 18.5 Å². The number of pyridine rings is 1. The van der Waals surface area contributed by atoms with Crippen molar-refractivity contribution in [1.29, 1.82) is 0 Å². The Kier molecular flexibility index (Phi) is 3.72. The van der Waals surface area contributed by atoms with Gasteiger partial charge in [-0.1, -0.05) is 17.7 Å². The molecule has 0 amide bonds. The Morgan fingerprint density at radius 3 is 2.67 bits per heavy atom. The molecule has 0 radical (unpaired) electrons. The van der Waals surface area contributed by atoms with Crippen LogP contribution in [0.4, 0.5) is 15.8 Å². The first-order valence-electron chi connectivity index (χ1n) is 7.01. The monoisotopic (exact) mass is 305 g/mol. The van der Waals surface area contributed by atoms with E-state index in [9.17, 15) is 4.39 Å². The molecule has 1 heterocycles. The van der Waals surface area contributed by atoms with Gasteiger partial charge in [0.05, 0.1) is 16.4 Å². The number of rotatable bonds is 4. The zero-order valence-corrected chi connectivity index (χ0v) is 12.5. The highest BCUT2D eigenvalue weighted by Gasteiger charge is 2.21. The van der Waals surface area contributed by atoms with Crippen molar-refractivity contribution >= 4 is 23.0 Å². The second-order valence-corrected chi connectivity index (χ2v) is 5.88. The summed E-state index contributed by atoms with van der Waals surface area (Å²) in [7, 11) is 0. The van der Waals surface area contributed by atoms with Gasteiger partial charge in [-0.3, -0.25) is 0 Å². The highest BCUT2D eigenvalue weighted by Crippen LogP contribution is 2.38. The van der Waals surface area contributed by atoms with Crippen LogP contribution < -0.4 is 11.1 Å². The lowest BCUT2D eigenvalue weighted by Crippen LogP contribution is -2.06. The lowest BCUT2D eigenvalue weighted by Gasteiger charge is -2.14. The van der Waals surface area contributed by atoms with Crippen LogP contribution in [0.2, 0.25) is 5.02 Å². The van der Waals surface area contributed by atoms with Gasteiger partial charge in [0.2, 0.25) is 5.95 Å². The fraction of sp³-hybridized carbons (Fsp3) is 0.312. The molecule has 3 N–H and O–H groups in total. The number of halogens is 2. The molecular weight excluding hydrogens is 289 g/mol.